The molecule has 2 atom stereocenters. The lowest BCUT2D eigenvalue weighted by Crippen LogP contribution is -2.42. The predicted octanol–water partition coefficient (Wildman–Crippen LogP) is 2.78. The average molecular weight is 343 g/mol. The number of benzene rings is 1. The molecule has 1 aromatic carbocycles. The Balaban J connectivity index is 1.54. The molecule has 5 heteroatoms. The van der Waals surface area contributed by atoms with Crippen molar-refractivity contribution in [3.05, 3.63) is 58.3 Å². The van der Waals surface area contributed by atoms with Gasteiger partial charge in [0.2, 0.25) is 5.91 Å². The Labute approximate surface area is 147 Å². The van der Waals surface area contributed by atoms with Crippen molar-refractivity contribution in [2.75, 3.05) is 19.6 Å². The van der Waals surface area contributed by atoms with Crippen molar-refractivity contribution in [2.45, 2.75) is 25.4 Å². The molecular weight excluding hydrogens is 318 g/mol. The number of piperidine rings is 1. The van der Waals surface area contributed by atoms with Gasteiger partial charge in [-0.15, -0.1) is 11.3 Å². The summed E-state index contributed by atoms with van der Waals surface area (Å²) < 4.78 is 0. The highest BCUT2D eigenvalue weighted by Gasteiger charge is 2.23. The second-order valence-electron chi connectivity index (χ2n) is 6.48. The molecule has 1 saturated heterocycles. The Bertz CT molecular complexity index is 629. The fourth-order valence-corrected chi connectivity index (χ4v) is 4.14. The van der Waals surface area contributed by atoms with Gasteiger partial charge in [0.05, 0.1) is 0 Å². The number of nitrogens with zero attached hydrogens (tertiary/aromatic N) is 1. The number of nitrogens with one attached hydrogen (secondary N) is 1. The van der Waals surface area contributed by atoms with Crippen LogP contribution in [0.2, 0.25) is 0 Å². The minimum atomic E-state index is -0.404. The molecule has 0 aliphatic carbocycles. The van der Waals surface area contributed by atoms with E-state index in [1.807, 2.05) is 41.7 Å². The first-order valence-electron chi connectivity index (χ1n) is 8.55. The first-order chi connectivity index (χ1) is 11.7. The van der Waals surface area contributed by atoms with Gasteiger partial charge in [-0.05, 0) is 42.3 Å². The van der Waals surface area contributed by atoms with E-state index < -0.39 is 6.04 Å². The molecule has 1 aliphatic heterocycles. The maximum atomic E-state index is 11.8. The van der Waals surface area contributed by atoms with Crippen LogP contribution in [0.4, 0.5) is 0 Å². The topological polar surface area (TPSA) is 58.4 Å². The summed E-state index contributed by atoms with van der Waals surface area (Å²) in [4.78, 5) is 15.7. The fourth-order valence-electron chi connectivity index (χ4n) is 3.40. The van der Waals surface area contributed by atoms with Gasteiger partial charge in [-0.3, -0.25) is 9.69 Å². The quantitative estimate of drug-likeness (QED) is 0.813. The molecule has 0 unspecified atom stereocenters. The zero-order chi connectivity index (χ0) is 16.8. The number of nitrogens with two attached hydrogens (primary N) is 1. The number of hydrogen-bond acceptors (Lipinski definition) is 4. The van der Waals surface area contributed by atoms with Crippen molar-refractivity contribution in [1.82, 2.24) is 10.2 Å². The van der Waals surface area contributed by atoms with Crippen LogP contribution in [-0.2, 0) is 11.3 Å². The predicted molar refractivity (Wildman–Crippen MR) is 98.7 cm³/mol. The molecule has 1 aliphatic rings. The molecule has 128 valence electrons. The number of amides is 1. The van der Waals surface area contributed by atoms with Gasteiger partial charge in [-0.2, -0.15) is 0 Å². The minimum Gasteiger partial charge on any atom is -0.368 e. The Morgan fingerprint density at radius 1 is 1.29 bits per heavy atom. The van der Waals surface area contributed by atoms with Gasteiger partial charge in [-0.25, -0.2) is 0 Å². The summed E-state index contributed by atoms with van der Waals surface area (Å²) in [7, 11) is 0. The molecule has 0 spiro atoms. The summed E-state index contributed by atoms with van der Waals surface area (Å²) in [5.74, 6) is 0.247. The molecule has 0 radical (unpaired) electrons. The highest BCUT2D eigenvalue weighted by molar-refractivity contribution is 7.09. The fraction of sp³-hybridized carbons (Fsp3) is 0.421. The summed E-state index contributed by atoms with van der Waals surface area (Å²) >= 11 is 1.82. The van der Waals surface area contributed by atoms with E-state index in [0.29, 0.717) is 5.92 Å². The molecular formula is C19H25N3OS. The molecule has 2 aromatic rings. The number of hydrogen-bond donors (Lipinski definition) is 2. The largest absolute Gasteiger partial charge is 0.368 e. The molecule has 4 nitrogen and oxygen atoms in total. The average Bonchev–Trinajstić information content (AvgIpc) is 3.09. The van der Waals surface area contributed by atoms with Crippen molar-refractivity contribution in [1.29, 1.82) is 0 Å². The molecule has 1 amide bonds. The number of thiophene rings is 1. The molecule has 3 N–H and O–H groups in total. The minimum absolute atomic E-state index is 0.313. The third-order valence-electron chi connectivity index (χ3n) is 4.59. The van der Waals surface area contributed by atoms with Gasteiger partial charge >= 0.3 is 0 Å². The summed E-state index contributed by atoms with van der Waals surface area (Å²) in [6.07, 6.45) is 2.42. The van der Waals surface area contributed by atoms with Gasteiger partial charge in [-0.1, -0.05) is 36.4 Å². The van der Waals surface area contributed by atoms with E-state index in [4.69, 9.17) is 5.73 Å². The molecule has 2 heterocycles. The number of carbonyl (C=O) groups excluding carboxylic acids is 1. The summed E-state index contributed by atoms with van der Waals surface area (Å²) in [5.41, 5.74) is 6.53. The zero-order valence-electron chi connectivity index (χ0n) is 13.9. The Morgan fingerprint density at radius 2 is 2.12 bits per heavy atom. The van der Waals surface area contributed by atoms with Gasteiger partial charge in [0.1, 0.15) is 6.04 Å². The van der Waals surface area contributed by atoms with Crippen LogP contribution in [0.3, 0.4) is 0 Å². The van der Waals surface area contributed by atoms with Crippen LogP contribution >= 0.6 is 11.3 Å². The van der Waals surface area contributed by atoms with E-state index in [0.717, 1.165) is 31.7 Å². The standard InChI is InChI=1S/C19H25N3OS/c20-19(23)18(16-7-2-1-3-8-16)21-12-15-6-4-10-22(13-15)14-17-9-5-11-24-17/h1-3,5,7-9,11,15,18,21H,4,6,10,12-14H2,(H2,20,23)/t15-,18+/m1/s1. The third-order valence-corrected chi connectivity index (χ3v) is 5.45. The van der Waals surface area contributed by atoms with E-state index in [1.165, 1.54) is 17.7 Å². The second kappa shape index (κ2) is 8.42. The SMILES string of the molecule is NC(=O)[C@@H](NC[C@H]1CCCN(Cc2cccs2)C1)c1ccccc1. The smallest absolute Gasteiger partial charge is 0.239 e. The summed E-state index contributed by atoms with van der Waals surface area (Å²) in [6, 6.07) is 13.6. The van der Waals surface area contributed by atoms with E-state index in [2.05, 4.69) is 27.7 Å². The normalized spacial score (nSPS) is 19.9. The van der Waals surface area contributed by atoms with Crippen LogP contribution in [0.1, 0.15) is 29.3 Å². The van der Waals surface area contributed by atoms with E-state index in [-0.39, 0.29) is 5.91 Å². The van der Waals surface area contributed by atoms with Crippen LogP contribution in [0.15, 0.2) is 47.8 Å². The van der Waals surface area contributed by atoms with Gasteiger partial charge in [0.15, 0.2) is 0 Å². The van der Waals surface area contributed by atoms with Crippen molar-refractivity contribution in [2.24, 2.45) is 11.7 Å². The van der Waals surface area contributed by atoms with Crippen molar-refractivity contribution >= 4 is 17.2 Å². The third kappa shape index (κ3) is 4.66. The van der Waals surface area contributed by atoms with Crippen molar-refractivity contribution in [3.63, 3.8) is 0 Å². The first kappa shape index (κ1) is 17.1. The van der Waals surface area contributed by atoms with Crippen molar-refractivity contribution in [3.8, 4) is 0 Å². The van der Waals surface area contributed by atoms with Crippen molar-refractivity contribution < 1.29 is 4.79 Å². The highest BCUT2D eigenvalue weighted by Crippen LogP contribution is 2.21. The summed E-state index contributed by atoms with van der Waals surface area (Å²) in [6.45, 7) is 4.09. The number of likely N-dealkylation sites (tertiary alicyclic amines) is 1. The lowest BCUT2D eigenvalue weighted by molar-refractivity contribution is -0.120. The maximum absolute atomic E-state index is 11.8. The zero-order valence-corrected chi connectivity index (χ0v) is 14.7. The Kier molecular flexibility index (Phi) is 6.01. The summed E-state index contributed by atoms with van der Waals surface area (Å²) in [5, 5.41) is 5.52. The molecule has 0 bridgehead atoms. The maximum Gasteiger partial charge on any atom is 0.239 e. The molecule has 1 fully saturated rings. The monoisotopic (exact) mass is 343 g/mol. The van der Waals surface area contributed by atoms with E-state index in [1.54, 1.807) is 0 Å². The van der Waals surface area contributed by atoms with Crippen LogP contribution < -0.4 is 11.1 Å². The lowest BCUT2D eigenvalue weighted by Gasteiger charge is -2.33. The van der Waals surface area contributed by atoms with Gasteiger partial charge < -0.3 is 11.1 Å². The van der Waals surface area contributed by atoms with Gasteiger partial charge in [0, 0.05) is 24.5 Å². The van der Waals surface area contributed by atoms with Crippen LogP contribution in [0, 0.1) is 5.92 Å². The Hall–Kier alpha value is -1.69. The molecule has 0 saturated carbocycles. The molecule has 1 aromatic heterocycles. The van der Waals surface area contributed by atoms with E-state index in [9.17, 15) is 4.79 Å². The number of primary amides is 1. The molecule has 3 rings (SSSR count). The first-order valence-corrected chi connectivity index (χ1v) is 9.42. The Morgan fingerprint density at radius 3 is 2.83 bits per heavy atom. The van der Waals surface area contributed by atoms with E-state index >= 15 is 0 Å². The van der Waals surface area contributed by atoms with Crippen LogP contribution in [-0.4, -0.2) is 30.4 Å². The second-order valence-corrected chi connectivity index (χ2v) is 7.51. The van der Waals surface area contributed by atoms with Crippen LogP contribution in [0.25, 0.3) is 0 Å². The highest BCUT2D eigenvalue weighted by atomic mass is 32.1. The lowest BCUT2D eigenvalue weighted by atomic mass is 9.97. The van der Waals surface area contributed by atoms with Crippen LogP contribution in [0.5, 0.6) is 0 Å². The number of rotatable bonds is 7. The molecule has 24 heavy (non-hydrogen) atoms. The number of carbonyl (C=O) groups is 1. The van der Waals surface area contributed by atoms with Gasteiger partial charge in [0.25, 0.3) is 0 Å².